The van der Waals surface area contributed by atoms with E-state index in [1.807, 2.05) is 0 Å². The summed E-state index contributed by atoms with van der Waals surface area (Å²) in [4.78, 5) is 10.6. The minimum Gasteiger partial charge on any atom is -0.504 e. The van der Waals surface area contributed by atoms with Crippen LogP contribution >= 0.6 is 0 Å². The molecule has 1 N–H and O–H groups in total. The Hall–Kier alpha value is -1.38. The molecule has 0 amide bonds. The van der Waals surface area contributed by atoms with Gasteiger partial charge >= 0.3 is 0 Å². The van der Waals surface area contributed by atoms with Gasteiger partial charge in [0.25, 0.3) is 0 Å². The zero-order valence-corrected chi connectivity index (χ0v) is 5.04. The van der Waals surface area contributed by atoms with E-state index in [1.165, 1.54) is 0 Å². The molecule has 0 aliphatic carbocycles. The fourth-order valence-electron chi connectivity index (χ4n) is 0.537. The van der Waals surface area contributed by atoms with E-state index in [2.05, 4.69) is 0 Å². The van der Waals surface area contributed by atoms with Crippen LogP contribution in [0.25, 0.3) is 0 Å². The first kappa shape index (κ1) is 6.74. The molecule has 0 unspecified atom stereocenters. The van der Waals surface area contributed by atoms with Crippen LogP contribution in [0.3, 0.4) is 0 Å². The second-order valence-electron chi connectivity index (χ2n) is 1.80. The summed E-state index contributed by atoms with van der Waals surface area (Å²) in [5.74, 6) is -0.985. The summed E-state index contributed by atoms with van der Waals surface area (Å²) >= 11 is 0. The van der Waals surface area contributed by atoms with E-state index in [0.717, 1.165) is 24.3 Å². The Labute approximate surface area is 56.6 Å². The van der Waals surface area contributed by atoms with Crippen molar-refractivity contribution in [3.05, 3.63) is 40.3 Å². The van der Waals surface area contributed by atoms with E-state index >= 15 is 0 Å². The molecule has 0 saturated heterocycles. The van der Waals surface area contributed by atoms with E-state index in [9.17, 15) is 9.18 Å². The Morgan fingerprint density at radius 2 is 1.80 bits per heavy atom. The first-order valence-electron chi connectivity index (χ1n) is 2.69. The van der Waals surface area contributed by atoms with Gasteiger partial charge in [0.1, 0.15) is 5.82 Å². The van der Waals surface area contributed by atoms with Crippen molar-refractivity contribution < 1.29 is 9.50 Å². The Morgan fingerprint density at radius 3 is 2.50 bits per heavy atom. The van der Waals surface area contributed by atoms with E-state index in [1.54, 1.807) is 0 Å². The summed E-state index contributed by atoms with van der Waals surface area (Å²) in [7, 11) is 0. The van der Waals surface area contributed by atoms with Gasteiger partial charge in [-0.3, -0.25) is 4.79 Å². The first-order chi connectivity index (χ1) is 4.70. The predicted molar refractivity (Wildman–Crippen MR) is 34.3 cm³/mol. The van der Waals surface area contributed by atoms with Gasteiger partial charge in [0, 0.05) is 0 Å². The Balaban J connectivity index is 3.43. The van der Waals surface area contributed by atoms with Crippen molar-refractivity contribution in [1.82, 2.24) is 0 Å². The molecule has 52 valence electrons. The lowest BCUT2D eigenvalue weighted by Gasteiger charge is -1.75. The zero-order valence-electron chi connectivity index (χ0n) is 5.04. The van der Waals surface area contributed by atoms with Crippen LogP contribution in [0, 0.1) is 5.82 Å². The molecule has 1 aromatic rings. The van der Waals surface area contributed by atoms with Crippen molar-refractivity contribution in [1.29, 1.82) is 0 Å². The van der Waals surface area contributed by atoms with Gasteiger partial charge in [0.2, 0.25) is 5.43 Å². The zero-order chi connectivity index (χ0) is 7.56. The molecule has 0 atom stereocenters. The van der Waals surface area contributed by atoms with Crippen LogP contribution in [-0.2, 0) is 0 Å². The molecule has 0 spiro atoms. The number of halogens is 1. The molecule has 1 aromatic carbocycles. The molecule has 0 radical (unpaired) electrons. The van der Waals surface area contributed by atoms with Gasteiger partial charge in [-0.2, -0.15) is 0 Å². The van der Waals surface area contributed by atoms with E-state index < -0.39 is 17.0 Å². The second-order valence-corrected chi connectivity index (χ2v) is 1.80. The fourth-order valence-corrected chi connectivity index (χ4v) is 0.537. The Morgan fingerprint density at radius 1 is 1.20 bits per heavy atom. The van der Waals surface area contributed by atoms with Crippen LogP contribution in [0.4, 0.5) is 4.39 Å². The van der Waals surface area contributed by atoms with Gasteiger partial charge in [-0.25, -0.2) is 4.39 Å². The Bertz CT molecular complexity index is 296. The summed E-state index contributed by atoms with van der Waals surface area (Å²) in [6, 6.07) is 4.03. The molecule has 0 fully saturated rings. The van der Waals surface area contributed by atoms with E-state index in [4.69, 9.17) is 5.11 Å². The lowest BCUT2D eigenvalue weighted by Crippen LogP contribution is -1.91. The SMILES string of the molecule is O=c1ccc(F)ccc1O. The van der Waals surface area contributed by atoms with Crippen LogP contribution in [0.15, 0.2) is 29.1 Å². The van der Waals surface area contributed by atoms with Gasteiger partial charge in [0.15, 0.2) is 5.75 Å². The lowest BCUT2D eigenvalue weighted by atomic mass is 10.5. The molecule has 0 heterocycles. The standard InChI is InChI=1S/C7H5FO2/c8-5-1-3-6(9)7(10)4-2-5/h1-4H,(H,9,10). The molecule has 0 aliphatic rings. The largest absolute Gasteiger partial charge is 0.504 e. The summed E-state index contributed by atoms with van der Waals surface area (Å²) in [6.07, 6.45) is 0. The molecule has 0 aliphatic heterocycles. The fraction of sp³-hybridized carbons (Fsp3) is 0. The maximum absolute atomic E-state index is 12.3. The minimum atomic E-state index is -0.580. The van der Waals surface area contributed by atoms with Crippen molar-refractivity contribution in [2.45, 2.75) is 0 Å². The highest BCUT2D eigenvalue weighted by atomic mass is 19.1. The normalized spacial score (nSPS) is 9.30. The van der Waals surface area contributed by atoms with Crippen molar-refractivity contribution in [2.24, 2.45) is 0 Å². The number of hydrogen-bond acceptors (Lipinski definition) is 2. The minimum absolute atomic E-state index is 0.441. The first-order valence-corrected chi connectivity index (χ1v) is 2.69. The molecule has 2 nitrogen and oxygen atoms in total. The molecular formula is C7H5FO2. The van der Waals surface area contributed by atoms with E-state index in [0.29, 0.717) is 0 Å². The molecular weight excluding hydrogens is 135 g/mol. The topological polar surface area (TPSA) is 37.3 Å². The smallest absolute Gasteiger partial charge is 0.220 e. The molecule has 0 saturated carbocycles. The van der Waals surface area contributed by atoms with Gasteiger partial charge in [0.05, 0.1) is 0 Å². The maximum atomic E-state index is 12.3. The van der Waals surface area contributed by atoms with Crippen molar-refractivity contribution in [3.8, 4) is 5.75 Å². The number of aromatic hydroxyl groups is 1. The van der Waals surface area contributed by atoms with Crippen LogP contribution in [-0.4, -0.2) is 5.11 Å². The maximum Gasteiger partial charge on any atom is 0.220 e. The molecule has 0 aromatic heterocycles. The van der Waals surface area contributed by atoms with E-state index in [-0.39, 0.29) is 0 Å². The lowest BCUT2D eigenvalue weighted by molar-refractivity contribution is 0.471. The van der Waals surface area contributed by atoms with Crippen LogP contribution < -0.4 is 5.43 Å². The van der Waals surface area contributed by atoms with Gasteiger partial charge in [-0.05, 0) is 24.3 Å². The Kier molecular flexibility index (Phi) is 1.67. The molecule has 3 heteroatoms. The van der Waals surface area contributed by atoms with Gasteiger partial charge < -0.3 is 5.11 Å². The number of hydrogen-bond donors (Lipinski definition) is 1. The van der Waals surface area contributed by atoms with Crippen molar-refractivity contribution in [3.63, 3.8) is 0 Å². The number of rotatable bonds is 0. The highest BCUT2D eigenvalue weighted by Crippen LogP contribution is 1.98. The third kappa shape index (κ3) is 1.31. The second kappa shape index (κ2) is 2.47. The van der Waals surface area contributed by atoms with Crippen LogP contribution in [0.5, 0.6) is 5.75 Å². The average Bonchev–Trinajstić information content (AvgIpc) is 2.04. The highest BCUT2D eigenvalue weighted by Gasteiger charge is 1.91. The predicted octanol–water partition coefficient (Wildman–Crippen LogP) is 0.891. The summed E-state index contributed by atoms with van der Waals surface area (Å²) in [5.41, 5.74) is -0.580. The van der Waals surface area contributed by atoms with Gasteiger partial charge in [-0.15, -0.1) is 0 Å². The highest BCUT2D eigenvalue weighted by molar-refractivity contribution is 5.18. The molecule has 0 bridgehead atoms. The summed E-state index contributed by atoms with van der Waals surface area (Å²) in [5, 5.41) is 8.72. The molecule has 1 rings (SSSR count). The third-order valence-electron chi connectivity index (χ3n) is 1.05. The summed E-state index contributed by atoms with van der Waals surface area (Å²) in [6.45, 7) is 0. The molecule has 10 heavy (non-hydrogen) atoms. The van der Waals surface area contributed by atoms with Gasteiger partial charge in [-0.1, -0.05) is 0 Å². The summed E-state index contributed by atoms with van der Waals surface area (Å²) < 4.78 is 12.3. The quantitative estimate of drug-likeness (QED) is 0.581. The average molecular weight is 140 g/mol. The van der Waals surface area contributed by atoms with Crippen molar-refractivity contribution in [2.75, 3.05) is 0 Å². The monoisotopic (exact) mass is 140 g/mol. The van der Waals surface area contributed by atoms with Crippen molar-refractivity contribution >= 4 is 0 Å². The van der Waals surface area contributed by atoms with Crippen LogP contribution in [0.2, 0.25) is 0 Å². The third-order valence-corrected chi connectivity index (χ3v) is 1.05. The van der Waals surface area contributed by atoms with Crippen LogP contribution in [0.1, 0.15) is 0 Å².